The smallest absolute Gasteiger partial charge is 0.338 e. The number of imidazole rings is 2. The van der Waals surface area contributed by atoms with Crippen molar-refractivity contribution in [3.8, 4) is 11.3 Å². The highest BCUT2D eigenvalue weighted by atomic mass is 127. The van der Waals surface area contributed by atoms with Gasteiger partial charge >= 0.3 is 19.4 Å². The van der Waals surface area contributed by atoms with Crippen LogP contribution in [0.2, 0.25) is 0 Å². The second-order valence-electron chi connectivity index (χ2n) is 13.4. The predicted octanol–water partition coefficient (Wildman–Crippen LogP) is 6.30. The Bertz CT molecular complexity index is 1810. The highest BCUT2D eigenvalue weighted by Gasteiger charge is 2.36. The van der Waals surface area contributed by atoms with Gasteiger partial charge in [-0.2, -0.15) is 0 Å². The predicted molar refractivity (Wildman–Crippen MR) is 211 cm³/mol. The van der Waals surface area contributed by atoms with Gasteiger partial charge in [-0.1, -0.05) is 23.8 Å². The topological polar surface area (TPSA) is 158 Å². The number of aliphatic hydroxyl groups is 1. The van der Waals surface area contributed by atoms with Gasteiger partial charge in [-0.3, -0.25) is 0 Å². The van der Waals surface area contributed by atoms with Crippen LogP contribution in [-0.2, 0) is 36.8 Å². The van der Waals surface area contributed by atoms with Crippen molar-refractivity contribution in [1.29, 1.82) is 0 Å². The van der Waals surface area contributed by atoms with E-state index in [2.05, 4.69) is 42.5 Å². The lowest BCUT2D eigenvalue weighted by atomic mass is 9.79. The number of aromatic amines is 2. The largest absolute Gasteiger partial charge is 0.465 e. The van der Waals surface area contributed by atoms with Crippen LogP contribution in [0.5, 0.6) is 0 Å². The normalized spacial score (nSPS) is 11.2. The molecule has 2 heterocycles. The van der Waals surface area contributed by atoms with Crippen LogP contribution >= 0.6 is 22.6 Å². The molecule has 4 aromatic rings. The van der Waals surface area contributed by atoms with E-state index in [1.165, 1.54) is 14.2 Å². The van der Waals surface area contributed by atoms with Crippen LogP contribution in [0.4, 0.5) is 0 Å². The number of hydrogen-bond donors (Lipinski definition) is 3. The fraction of sp³-hybridized carbons (Fsp3) is 0.474. The van der Waals surface area contributed by atoms with E-state index in [0.29, 0.717) is 24.3 Å². The number of hydrogen-bond acceptors (Lipinski definition) is 10. The third-order valence-electron chi connectivity index (χ3n) is 8.57. The number of carbonyl (C=O) groups excluding carboxylic acids is 2. The molecule has 3 N–H and O–H groups in total. The van der Waals surface area contributed by atoms with Crippen molar-refractivity contribution in [2.24, 2.45) is 0 Å². The van der Waals surface area contributed by atoms with E-state index >= 15 is 0 Å². The first-order chi connectivity index (χ1) is 24.2. The summed E-state index contributed by atoms with van der Waals surface area (Å²) in [6, 6.07) is 7.48. The molecular formula is C38H53BIN4O8. The Morgan fingerprint density at radius 3 is 1.67 bits per heavy atom. The molecule has 0 aliphatic carbocycles. The Balaban J connectivity index is 0.000000287. The highest BCUT2D eigenvalue weighted by Crippen LogP contribution is 2.28. The molecule has 0 saturated carbocycles. The van der Waals surface area contributed by atoms with Crippen molar-refractivity contribution in [3.05, 3.63) is 84.4 Å². The van der Waals surface area contributed by atoms with Crippen LogP contribution in [-0.4, -0.2) is 84.1 Å². The van der Waals surface area contributed by atoms with Crippen molar-refractivity contribution in [2.75, 3.05) is 28.4 Å². The van der Waals surface area contributed by atoms with Crippen molar-refractivity contribution >= 4 is 47.5 Å². The van der Waals surface area contributed by atoms with Crippen molar-refractivity contribution < 1.29 is 38.3 Å². The number of benzene rings is 2. The molecule has 12 nitrogen and oxygen atoms in total. The van der Waals surface area contributed by atoms with Crippen LogP contribution in [0.3, 0.4) is 0 Å². The van der Waals surface area contributed by atoms with Crippen molar-refractivity contribution in [2.45, 2.75) is 93.7 Å². The third-order valence-corrected chi connectivity index (χ3v) is 9.62. The van der Waals surface area contributed by atoms with Gasteiger partial charge in [0.1, 0.15) is 28.6 Å². The molecule has 0 atom stereocenters. The fourth-order valence-electron chi connectivity index (χ4n) is 4.81. The third kappa shape index (κ3) is 12.0. The molecular weight excluding hydrogens is 778 g/mol. The monoisotopic (exact) mass is 831 g/mol. The summed E-state index contributed by atoms with van der Waals surface area (Å²) in [5, 5.41) is 10.1. The van der Waals surface area contributed by atoms with Crippen molar-refractivity contribution in [1.82, 2.24) is 19.9 Å². The lowest BCUT2D eigenvalue weighted by molar-refractivity contribution is -0.0893. The van der Waals surface area contributed by atoms with Gasteiger partial charge in [0.2, 0.25) is 0 Å². The number of ether oxygens (including phenoxy) is 4. The summed E-state index contributed by atoms with van der Waals surface area (Å²) in [7, 11) is 7.62. The molecule has 4 rings (SSSR count). The molecule has 52 heavy (non-hydrogen) atoms. The average Bonchev–Trinajstić information content (AvgIpc) is 3.59. The maximum atomic E-state index is 11.9. The van der Waals surface area contributed by atoms with Gasteiger partial charge in [0.25, 0.3) is 0 Å². The Kier molecular flexibility index (Phi) is 16.7. The minimum absolute atomic E-state index is 0.334. The number of esters is 2. The first-order valence-electron chi connectivity index (χ1n) is 16.6. The number of aryl methyl sites for hydroxylation is 6. The molecule has 0 spiro atoms. The van der Waals surface area contributed by atoms with Gasteiger partial charge in [0, 0.05) is 31.2 Å². The maximum Gasteiger partial charge on any atom is 0.338 e. The Morgan fingerprint density at radius 2 is 1.21 bits per heavy atom. The van der Waals surface area contributed by atoms with E-state index in [4.69, 9.17) is 23.6 Å². The minimum Gasteiger partial charge on any atom is -0.465 e. The molecule has 1 radical (unpaired) electrons. The zero-order chi connectivity index (χ0) is 39.6. The van der Waals surface area contributed by atoms with E-state index in [1.54, 1.807) is 41.6 Å². The molecule has 0 unspecified atom stereocenters. The summed E-state index contributed by atoms with van der Waals surface area (Å²) in [6.45, 7) is 19.7. The number of rotatable bonds is 11. The van der Waals surface area contributed by atoms with E-state index in [-0.39, 0.29) is 11.9 Å². The number of nitrogens with zero attached hydrogens (tertiary/aromatic N) is 2. The highest BCUT2D eigenvalue weighted by molar-refractivity contribution is 14.1. The number of H-pyrrole nitrogens is 2. The zero-order valence-corrected chi connectivity index (χ0v) is 35.0. The first-order valence-corrected chi connectivity index (χ1v) is 17.7. The van der Waals surface area contributed by atoms with Gasteiger partial charge in [-0.15, -0.1) is 0 Å². The molecule has 14 heteroatoms. The Hall–Kier alpha value is -3.57. The molecule has 2 aromatic heterocycles. The Morgan fingerprint density at radius 1 is 0.731 bits per heavy atom. The summed E-state index contributed by atoms with van der Waals surface area (Å²) >= 11 is 2.19. The second kappa shape index (κ2) is 19.5. The van der Waals surface area contributed by atoms with Crippen molar-refractivity contribution in [3.63, 3.8) is 0 Å². The van der Waals surface area contributed by atoms with Gasteiger partial charge in [0.05, 0.1) is 42.2 Å². The molecule has 0 fully saturated rings. The van der Waals surface area contributed by atoms with Gasteiger partial charge in [0.15, 0.2) is 0 Å². The number of carbonyl (C=O) groups is 2. The molecule has 2 aromatic carbocycles. The molecule has 0 aliphatic heterocycles. The molecule has 283 valence electrons. The fourth-order valence-corrected chi connectivity index (χ4v) is 5.24. The summed E-state index contributed by atoms with van der Waals surface area (Å²) < 4.78 is 26.4. The Labute approximate surface area is 322 Å². The van der Waals surface area contributed by atoms with Crippen LogP contribution in [0.25, 0.3) is 11.3 Å². The second-order valence-corrected chi connectivity index (χ2v) is 14.4. The lowest BCUT2D eigenvalue weighted by Gasteiger charge is -2.37. The van der Waals surface area contributed by atoms with Gasteiger partial charge in [-0.25, -0.2) is 19.6 Å². The molecule has 0 aliphatic rings. The number of methoxy groups -OCH3 is 4. The quantitative estimate of drug-likeness (QED) is 0.0890. The maximum absolute atomic E-state index is 11.9. The van der Waals surface area contributed by atoms with Crippen LogP contribution in [0, 0.1) is 45.2 Å². The number of halogens is 1. The van der Waals surface area contributed by atoms with E-state index in [0.717, 1.165) is 65.7 Å². The molecule has 0 saturated heterocycles. The lowest BCUT2D eigenvalue weighted by Crippen LogP contribution is -2.49. The van der Waals surface area contributed by atoms with E-state index in [1.807, 2.05) is 73.6 Å². The molecule has 0 bridgehead atoms. The van der Waals surface area contributed by atoms with E-state index in [9.17, 15) is 14.7 Å². The standard InChI is InChI=1S/C16H24BO4.C16H20N2O3.C6H9IN2O/c1-10-8-11(2)13(9-12(10)14(18)20-7)17-21-16(5,6)15(3,4)19;1-9-6-10(2)13(16(19)21-5)7-12(9)15-11(3)17-14(18-15)8-20-4;1-4-6(7)9-5(8-4)3-10-2/h8-9,19H,1-7H3;6-7H,8H2,1-5H3,(H,17,18);3H2,1-2H3,(H,8,9). The van der Waals surface area contributed by atoms with Crippen LogP contribution in [0.1, 0.15) is 93.7 Å². The van der Waals surface area contributed by atoms with Gasteiger partial charge in [-0.05, 0) is 120 Å². The number of nitrogens with one attached hydrogen (secondary N) is 2. The van der Waals surface area contributed by atoms with Crippen LogP contribution in [0.15, 0.2) is 24.3 Å². The SMILES string of the molecule is COC(=O)c1cc([B]OC(C)(C)C(C)(C)O)c(C)cc1C.COCc1nc(-c2cc(C(=O)OC)c(C)cc2C)c(C)[nH]1.COCc1nc(I)c(C)[nH]1. The summed E-state index contributed by atoms with van der Waals surface area (Å²) in [5.74, 6) is 0.956. The summed E-state index contributed by atoms with van der Waals surface area (Å²) in [6.07, 6.45) is 0. The summed E-state index contributed by atoms with van der Waals surface area (Å²) in [4.78, 5) is 38.7. The first kappa shape index (κ1) is 44.6. The number of aromatic nitrogens is 4. The molecule has 0 amide bonds. The minimum atomic E-state index is -0.993. The zero-order valence-electron chi connectivity index (χ0n) is 32.9. The summed E-state index contributed by atoms with van der Waals surface area (Å²) in [5.41, 5.74) is 7.76. The van der Waals surface area contributed by atoms with Gasteiger partial charge < -0.3 is 38.7 Å². The van der Waals surface area contributed by atoms with E-state index < -0.39 is 11.2 Å². The average molecular weight is 832 g/mol. The van der Waals surface area contributed by atoms with Crippen LogP contribution < -0.4 is 5.46 Å².